The monoisotopic (exact) mass is 205 g/mol. The summed E-state index contributed by atoms with van der Waals surface area (Å²) in [6.45, 7) is 3.31. The molecule has 5 nitrogen and oxygen atoms in total. The molecule has 1 aromatic heterocycles. The first-order valence-electron chi connectivity index (χ1n) is 3.43. The molecule has 6 heteroatoms. The fourth-order valence-corrected chi connectivity index (χ4v) is 1.22. The summed E-state index contributed by atoms with van der Waals surface area (Å²) in [5.74, 6) is -0.0396. The Balaban J connectivity index is 2.90. The Labute approximate surface area is 77.3 Å². The highest BCUT2D eigenvalue weighted by Crippen LogP contribution is 2.17. The van der Waals surface area contributed by atoms with Crippen LogP contribution in [0, 0.1) is 24.1 Å². The molecule has 0 amide bonds. The van der Waals surface area contributed by atoms with E-state index in [1.54, 1.807) is 19.9 Å². The van der Waals surface area contributed by atoms with Gasteiger partial charge in [0.25, 0.3) is 0 Å². The molecule has 0 radical (unpaired) electrons. The van der Waals surface area contributed by atoms with Gasteiger partial charge in [0, 0.05) is 11.8 Å². The number of pyridine rings is 1. The average molecular weight is 206 g/mol. The molecular formula is C7H8ClNO4. The van der Waals surface area contributed by atoms with Crippen LogP contribution in [-0.2, 0) is 0 Å². The van der Waals surface area contributed by atoms with Crippen LogP contribution in [-0.4, -0.2) is 4.98 Å². The maximum Gasteiger partial charge on any atom is 0.309 e. The van der Waals surface area contributed by atoms with Gasteiger partial charge in [-0.05, 0) is 19.9 Å². The van der Waals surface area contributed by atoms with Crippen molar-refractivity contribution in [3.8, 4) is 5.75 Å². The minimum atomic E-state index is -4.44. The van der Waals surface area contributed by atoms with Crippen molar-refractivity contribution in [1.82, 2.24) is 4.98 Å². The number of nitrogens with zero attached hydrogens (tertiary/aromatic N) is 1. The zero-order chi connectivity index (χ0) is 10.1. The van der Waals surface area contributed by atoms with Gasteiger partial charge in [-0.1, -0.05) is 4.29 Å². The Bertz CT molecular complexity index is 310. The molecule has 1 heterocycles. The van der Waals surface area contributed by atoms with E-state index >= 15 is 0 Å². The predicted octanol–water partition coefficient (Wildman–Crippen LogP) is -2.03. The van der Waals surface area contributed by atoms with Gasteiger partial charge in [-0.15, -0.1) is 0 Å². The molecule has 0 unspecified atom stereocenters. The average Bonchev–Trinajstić information content (AvgIpc) is 1.93. The number of hydrogen-bond donors (Lipinski definition) is 0. The van der Waals surface area contributed by atoms with Crippen LogP contribution in [0.15, 0.2) is 12.1 Å². The summed E-state index contributed by atoms with van der Waals surface area (Å²) in [5, 5.41) is 0. The van der Waals surface area contributed by atoms with E-state index in [0.29, 0.717) is 5.69 Å². The highest BCUT2D eigenvalue weighted by Gasteiger charge is 2.21. The molecule has 0 fully saturated rings. The van der Waals surface area contributed by atoms with Crippen LogP contribution < -0.4 is 18.3 Å². The van der Waals surface area contributed by atoms with Crippen molar-refractivity contribution in [2.75, 3.05) is 0 Å². The predicted molar refractivity (Wildman–Crippen MR) is 34.3 cm³/mol. The van der Waals surface area contributed by atoms with Gasteiger partial charge in [0.1, 0.15) is 10.2 Å². The molecule has 1 aromatic rings. The molecule has 72 valence electrons. The van der Waals surface area contributed by atoms with Crippen molar-refractivity contribution in [2.45, 2.75) is 13.8 Å². The van der Waals surface area contributed by atoms with E-state index in [4.69, 9.17) is 0 Å². The highest BCUT2D eigenvalue weighted by atomic mass is 35.7. The fraction of sp³-hybridized carbons (Fsp3) is 0.286. The zero-order valence-electron chi connectivity index (χ0n) is 7.11. The molecule has 0 spiro atoms. The van der Waals surface area contributed by atoms with E-state index in [1.165, 1.54) is 6.07 Å². The first-order valence-corrected chi connectivity index (χ1v) is 4.66. The summed E-state index contributed by atoms with van der Waals surface area (Å²) in [6, 6.07) is 2.95. The first kappa shape index (κ1) is 10.2. The third-order valence-electron chi connectivity index (χ3n) is 1.35. The molecule has 0 aliphatic heterocycles. The number of aryl methyl sites for hydroxylation is 2. The smallest absolute Gasteiger partial charge is 0.254 e. The van der Waals surface area contributed by atoms with Crippen molar-refractivity contribution in [1.29, 1.82) is 0 Å². The summed E-state index contributed by atoms with van der Waals surface area (Å²) < 4.78 is 34.7. The van der Waals surface area contributed by atoms with Crippen molar-refractivity contribution in [3.05, 3.63) is 23.5 Å². The van der Waals surface area contributed by atoms with E-state index in [1.807, 2.05) is 0 Å². The number of rotatable bonds is 2. The first-order chi connectivity index (χ1) is 5.88. The maximum absolute atomic E-state index is 10.2. The molecule has 0 bridgehead atoms. The van der Waals surface area contributed by atoms with Gasteiger partial charge in [-0.2, -0.15) is 14.0 Å². The summed E-state index contributed by atoms with van der Waals surface area (Å²) >= 11 is 0. The van der Waals surface area contributed by atoms with E-state index in [-0.39, 0.29) is 5.75 Å². The van der Waals surface area contributed by atoms with Gasteiger partial charge in [0.15, 0.2) is 0 Å². The number of aromatic nitrogens is 1. The minimum absolute atomic E-state index is 0.0396. The van der Waals surface area contributed by atoms with Gasteiger partial charge in [0.2, 0.25) is 0 Å². The number of halogens is 1. The van der Waals surface area contributed by atoms with Gasteiger partial charge in [-0.3, -0.25) is 4.98 Å². The van der Waals surface area contributed by atoms with Crippen molar-refractivity contribution in [2.24, 2.45) is 0 Å². The van der Waals surface area contributed by atoms with Crippen LogP contribution in [0.25, 0.3) is 0 Å². The lowest BCUT2D eigenvalue weighted by Crippen LogP contribution is -2.63. The second kappa shape index (κ2) is 3.47. The van der Waals surface area contributed by atoms with Crippen LogP contribution in [0.2, 0.25) is 0 Å². The Kier molecular flexibility index (Phi) is 2.72. The van der Waals surface area contributed by atoms with Crippen molar-refractivity contribution >= 4 is 0 Å². The lowest BCUT2D eigenvalue weighted by Gasteiger charge is -2.12. The molecule has 0 saturated heterocycles. The molecular weight excluding hydrogens is 198 g/mol. The second-order valence-corrected chi connectivity index (χ2v) is 3.40. The standard InChI is InChI=1S/C7H8ClNO4/c1-5-3-4-7(6(2)9-5)13-8(10,11)12/h3-4H,1-2H3. The van der Waals surface area contributed by atoms with E-state index in [0.717, 1.165) is 5.69 Å². The van der Waals surface area contributed by atoms with Crippen molar-refractivity contribution < 1.29 is 28.5 Å². The third-order valence-corrected chi connectivity index (χ3v) is 1.71. The van der Waals surface area contributed by atoms with Gasteiger partial charge >= 0.3 is 5.75 Å². The Hall–Kier alpha value is -0.880. The largest absolute Gasteiger partial charge is 0.309 e. The molecule has 13 heavy (non-hydrogen) atoms. The van der Waals surface area contributed by atoms with Crippen LogP contribution in [0.3, 0.4) is 0 Å². The molecule has 0 aliphatic rings. The Morgan fingerprint density at radius 2 is 1.85 bits per heavy atom. The maximum atomic E-state index is 10.2. The molecule has 0 atom stereocenters. The molecule has 0 aromatic carbocycles. The van der Waals surface area contributed by atoms with Gasteiger partial charge in [0.05, 0.1) is 5.69 Å². The minimum Gasteiger partial charge on any atom is -0.254 e. The quantitative estimate of drug-likeness (QED) is 0.556. The van der Waals surface area contributed by atoms with Gasteiger partial charge in [-0.25, -0.2) is 0 Å². The van der Waals surface area contributed by atoms with Crippen LogP contribution in [0.4, 0.5) is 0 Å². The summed E-state index contributed by atoms with van der Waals surface area (Å²) in [5.41, 5.74) is 1.09. The normalized spacial score (nSPS) is 11.5. The van der Waals surface area contributed by atoms with Crippen LogP contribution >= 0.6 is 0 Å². The van der Waals surface area contributed by atoms with Crippen LogP contribution in [0.5, 0.6) is 5.75 Å². The lowest BCUT2D eigenvalue weighted by atomic mass is 10.3. The summed E-state index contributed by atoms with van der Waals surface area (Å²) in [4.78, 5) is 3.92. The summed E-state index contributed by atoms with van der Waals surface area (Å²) in [7, 11) is -4.44. The van der Waals surface area contributed by atoms with E-state index < -0.39 is 10.2 Å². The SMILES string of the molecule is Cc1ccc(O[Cl+3]([O-])([O-])[O-])c(C)n1. The highest BCUT2D eigenvalue weighted by molar-refractivity contribution is 5.27. The Morgan fingerprint density at radius 1 is 1.23 bits per heavy atom. The molecule has 0 N–H and O–H groups in total. The van der Waals surface area contributed by atoms with E-state index in [2.05, 4.69) is 9.27 Å². The second-order valence-electron chi connectivity index (χ2n) is 2.49. The third kappa shape index (κ3) is 3.16. The van der Waals surface area contributed by atoms with Crippen LogP contribution in [0.1, 0.15) is 11.4 Å². The lowest BCUT2D eigenvalue weighted by molar-refractivity contribution is -1.91. The topological polar surface area (TPSA) is 91.3 Å². The molecule has 0 saturated carbocycles. The van der Waals surface area contributed by atoms with Gasteiger partial charge < -0.3 is 0 Å². The summed E-state index contributed by atoms with van der Waals surface area (Å²) in [6.07, 6.45) is 0. The molecule has 0 aliphatic carbocycles. The fourth-order valence-electron chi connectivity index (χ4n) is 0.857. The Morgan fingerprint density at radius 3 is 2.31 bits per heavy atom. The number of hydrogen-bond acceptors (Lipinski definition) is 5. The van der Waals surface area contributed by atoms with E-state index in [9.17, 15) is 14.0 Å². The molecule has 1 rings (SSSR count). The zero-order valence-corrected chi connectivity index (χ0v) is 7.87. The van der Waals surface area contributed by atoms with Crippen molar-refractivity contribution in [3.63, 3.8) is 0 Å².